The molecule has 0 aliphatic rings. The highest BCUT2D eigenvalue weighted by Crippen LogP contribution is 2.23. The fourth-order valence-corrected chi connectivity index (χ4v) is 2.05. The van der Waals surface area contributed by atoms with Gasteiger partial charge in [-0.1, -0.05) is 13.0 Å². The zero-order valence-corrected chi connectivity index (χ0v) is 11.7. The van der Waals surface area contributed by atoms with Crippen LogP contribution in [-0.4, -0.2) is 15.6 Å². The molecule has 16 heavy (non-hydrogen) atoms. The molecule has 0 bridgehead atoms. The lowest BCUT2D eigenvalue weighted by Crippen LogP contribution is -2.14. The van der Waals surface area contributed by atoms with Crippen LogP contribution < -0.4 is 0 Å². The van der Waals surface area contributed by atoms with Crippen LogP contribution in [0.3, 0.4) is 0 Å². The zero-order valence-electron chi connectivity index (χ0n) is 10.1. The highest BCUT2D eigenvalue weighted by Gasteiger charge is 2.20. The third-order valence-electron chi connectivity index (χ3n) is 2.48. The summed E-state index contributed by atoms with van der Waals surface area (Å²) in [5.41, 5.74) is 1.47. The zero-order chi connectivity index (χ0) is 12.3. The van der Waals surface area contributed by atoms with E-state index in [2.05, 4.69) is 21.0 Å². The average Bonchev–Trinajstić information content (AvgIpc) is 2.61. The highest BCUT2D eigenvalue weighted by atomic mass is 79.9. The minimum absolute atomic E-state index is 0.0584. The van der Waals surface area contributed by atoms with Crippen LogP contribution in [0.1, 0.15) is 50.6 Å². The van der Waals surface area contributed by atoms with Crippen LogP contribution in [0.4, 0.5) is 0 Å². The molecule has 1 aromatic heterocycles. The van der Waals surface area contributed by atoms with Crippen LogP contribution in [0, 0.1) is 0 Å². The Kier molecular flexibility index (Phi) is 4.47. The van der Waals surface area contributed by atoms with Crippen LogP contribution in [0.15, 0.2) is 22.3 Å². The summed E-state index contributed by atoms with van der Waals surface area (Å²) in [7, 11) is 0. The molecule has 0 unspecified atom stereocenters. The van der Waals surface area contributed by atoms with E-state index in [9.17, 15) is 4.79 Å². The van der Waals surface area contributed by atoms with E-state index in [1.54, 1.807) is 10.9 Å². The Hall–Kier alpha value is -0.900. The summed E-state index contributed by atoms with van der Waals surface area (Å²) < 4.78 is 2.52. The molecule has 0 fully saturated rings. The fraction of sp³-hybridized carbons (Fsp3) is 0.500. The lowest BCUT2D eigenvalue weighted by Gasteiger charge is -2.11. The van der Waals surface area contributed by atoms with Crippen molar-refractivity contribution in [3.05, 3.63) is 28.0 Å². The van der Waals surface area contributed by atoms with Gasteiger partial charge in [0.2, 0.25) is 5.78 Å². The monoisotopic (exact) mass is 284 g/mol. The van der Waals surface area contributed by atoms with Gasteiger partial charge in [0.15, 0.2) is 0 Å². The second kappa shape index (κ2) is 5.43. The Morgan fingerprint density at radius 3 is 2.69 bits per heavy atom. The molecule has 0 saturated heterocycles. The molecule has 0 N–H and O–H groups in total. The number of Topliss-reactive ketones (excluding diaryl/α,β-unsaturated/α-hetero) is 1. The van der Waals surface area contributed by atoms with Gasteiger partial charge < -0.3 is 0 Å². The maximum atomic E-state index is 12.3. The van der Waals surface area contributed by atoms with E-state index >= 15 is 0 Å². The normalized spacial score (nSPS) is 12.2. The smallest absolute Gasteiger partial charge is 0.207 e. The van der Waals surface area contributed by atoms with Crippen molar-refractivity contribution in [2.45, 2.75) is 40.2 Å². The van der Waals surface area contributed by atoms with E-state index in [0.29, 0.717) is 5.69 Å². The van der Waals surface area contributed by atoms with Gasteiger partial charge in [0.1, 0.15) is 5.69 Å². The van der Waals surface area contributed by atoms with Crippen molar-refractivity contribution in [1.82, 2.24) is 9.78 Å². The van der Waals surface area contributed by atoms with Gasteiger partial charge in [-0.3, -0.25) is 9.48 Å². The molecule has 3 nitrogen and oxygen atoms in total. The SMILES string of the molecule is CC=C(CC)C(=O)c1c(Br)cnn1C(C)C. The lowest BCUT2D eigenvalue weighted by molar-refractivity contribution is 0.101. The summed E-state index contributed by atoms with van der Waals surface area (Å²) >= 11 is 3.38. The minimum atomic E-state index is 0.0584. The first-order chi connectivity index (χ1) is 7.52. The second-order valence-electron chi connectivity index (χ2n) is 3.88. The maximum Gasteiger partial charge on any atom is 0.207 e. The van der Waals surface area contributed by atoms with Gasteiger partial charge in [-0.2, -0.15) is 5.10 Å². The molecule has 1 heterocycles. The molecular formula is C12H17BrN2O. The molecule has 0 saturated carbocycles. The summed E-state index contributed by atoms with van der Waals surface area (Å²) in [5.74, 6) is 0.0584. The molecule has 88 valence electrons. The quantitative estimate of drug-likeness (QED) is 0.623. The van der Waals surface area contributed by atoms with Gasteiger partial charge in [0.25, 0.3) is 0 Å². The van der Waals surface area contributed by atoms with Crippen molar-refractivity contribution in [1.29, 1.82) is 0 Å². The van der Waals surface area contributed by atoms with Gasteiger partial charge in [0, 0.05) is 6.04 Å². The van der Waals surface area contributed by atoms with Crippen molar-refractivity contribution >= 4 is 21.7 Å². The average molecular weight is 285 g/mol. The van der Waals surface area contributed by atoms with Crippen LogP contribution >= 0.6 is 15.9 Å². The predicted octanol–water partition coefficient (Wildman–Crippen LogP) is 3.77. The first kappa shape index (κ1) is 13.2. The standard InChI is InChI=1S/C12H17BrN2O/c1-5-9(6-2)12(16)11-10(13)7-14-15(11)8(3)4/h5,7-8H,6H2,1-4H3. The van der Waals surface area contributed by atoms with Crippen LogP contribution in [-0.2, 0) is 0 Å². The number of aromatic nitrogens is 2. The summed E-state index contributed by atoms with van der Waals surface area (Å²) in [6.07, 6.45) is 4.29. The molecular weight excluding hydrogens is 268 g/mol. The van der Waals surface area contributed by atoms with Gasteiger partial charge in [-0.05, 0) is 48.7 Å². The van der Waals surface area contributed by atoms with Gasteiger partial charge in [-0.25, -0.2) is 0 Å². The molecule has 0 aliphatic carbocycles. The van der Waals surface area contributed by atoms with E-state index in [0.717, 1.165) is 16.5 Å². The molecule has 0 aromatic carbocycles. The summed E-state index contributed by atoms with van der Waals surface area (Å²) in [5, 5.41) is 4.21. The van der Waals surface area contributed by atoms with E-state index in [4.69, 9.17) is 0 Å². The Labute approximate surface area is 105 Å². The summed E-state index contributed by atoms with van der Waals surface area (Å²) in [6, 6.07) is 0.181. The van der Waals surface area contributed by atoms with Crippen molar-refractivity contribution < 1.29 is 4.79 Å². The molecule has 0 aliphatic heterocycles. The fourth-order valence-electron chi connectivity index (χ4n) is 1.59. The number of rotatable bonds is 4. The van der Waals surface area contributed by atoms with Crippen molar-refractivity contribution in [2.24, 2.45) is 0 Å². The number of ketones is 1. The molecule has 4 heteroatoms. The third kappa shape index (κ3) is 2.43. The van der Waals surface area contributed by atoms with Crippen molar-refractivity contribution in [2.75, 3.05) is 0 Å². The van der Waals surface area contributed by atoms with E-state index in [-0.39, 0.29) is 11.8 Å². The Morgan fingerprint density at radius 2 is 2.25 bits per heavy atom. The minimum Gasteiger partial charge on any atom is -0.287 e. The molecule has 1 aromatic rings. The number of hydrogen-bond donors (Lipinski definition) is 0. The van der Waals surface area contributed by atoms with E-state index < -0.39 is 0 Å². The number of allylic oxidation sites excluding steroid dienone is 2. The number of carbonyl (C=O) groups is 1. The Morgan fingerprint density at radius 1 is 1.62 bits per heavy atom. The Balaban J connectivity index is 3.22. The van der Waals surface area contributed by atoms with E-state index in [1.807, 2.05) is 33.8 Å². The second-order valence-corrected chi connectivity index (χ2v) is 4.73. The first-order valence-electron chi connectivity index (χ1n) is 5.45. The topological polar surface area (TPSA) is 34.9 Å². The van der Waals surface area contributed by atoms with Gasteiger partial charge in [-0.15, -0.1) is 0 Å². The molecule has 0 amide bonds. The van der Waals surface area contributed by atoms with Crippen molar-refractivity contribution in [3.63, 3.8) is 0 Å². The number of halogens is 1. The van der Waals surface area contributed by atoms with Crippen LogP contribution in [0.25, 0.3) is 0 Å². The van der Waals surface area contributed by atoms with Gasteiger partial charge >= 0.3 is 0 Å². The first-order valence-corrected chi connectivity index (χ1v) is 6.25. The lowest BCUT2D eigenvalue weighted by atomic mass is 10.1. The maximum absolute atomic E-state index is 12.3. The largest absolute Gasteiger partial charge is 0.287 e. The van der Waals surface area contributed by atoms with Gasteiger partial charge in [0.05, 0.1) is 10.7 Å². The predicted molar refractivity (Wildman–Crippen MR) is 68.7 cm³/mol. The number of hydrogen-bond acceptors (Lipinski definition) is 2. The highest BCUT2D eigenvalue weighted by molar-refractivity contribution is 9.10. The van der Waals surface area contributed by atoms with E-state index in [1.165, 1.54) is 0 Å². The third-order valence-corrected chi connectivity index (χ3v) is 3.06. The van der Waals surface area contributed by atoms with Crippen molar-refractivity contribution in [3.8, 4) is 0 Å². The van der Waals surface area contributed by atoms with Crippen LogP contribution in [0.2, 0.25) is 0 Å². The molecule has 0 radical (unpaired) electrons. The molecule has 0 atom stereocenters. The molecule has 1 rings (SSSR count). The molecule has 0 spiro atoms. The summed E-state index contributed by atoms with van der Waals surface area (Å²) in [6.45, 7) is 7.90. The van der Waals surface area contributed by atoms with Crippen LogP contribution in [0.5, 0.6) is 0 Å². The summed E-state index contributed by atoms with van der Waals surface area (Å²) in [4.78, 5) is 12.3. The number of nitrogens with zero attached hydrogens (tertiary/aromatic N) is 2. The number of carbonyl (C=O) groups excluding carboxylic acids is 1. The Bertz CT molecular complexity index is 419.